The van der Waals surface area contributed by atoms with Crippen LogP contribution in [-0.2, 0) is 0 Å². The van der Waals surface area contributed by atoms with Crippen LogP contribution in [-0.4, -0.2) is 23.5 Å². The van der Waals surface area contributed by atoms with Gasteiger partial charge in [0.25, 0.3) is 0 Å². The SMILES string of the molecule is CCCCCCCCCCCCCCCC(C)N(C/C=C/Cl)C(C)CCCCCCCCCCCCCCC.Cl. The highest BCUT2D eigenvalue weighted by Gasteiger charge is 2.18. The molecule has 0 saturated carbocycles. The fourth-order valence-corrected chi connectivity index (χ4v) is 6.28. The zero-order valence-electron chi connectivity index (χ0n) is 28.0. The number of unbranched alkanes of at least 4 members (excludes halogenated alkanes) is 24. The number of nitrogens with zero attached hydrogens (tertiary/aromatic N) is 1. The van der Waals surface area contributed by atoms with Gasteiger partial charge < -0.3 is 0 Å². The molecule has 0 N–H and O–H groups in total. The first-order chi connectivity index (χ1) is 19.2. The van der Waals surface area contributed by atoms with Crippen LogP contribution in [0.5, 0.6) is 0 Å². The summed E-state index contributed by atoms with van der Waals surface area (Å²) in [4.78, 5) is 2.71. The van der Waals surface area contributed by atoms with Gasteiger partial charge in [0.1, 0.15) is 0 Å². The van der Waals surface area contributed by atoms with Gasteiger partial charge in [-0.05, 0) is 26.7 Å². The van der Waals surface area contributed by atoms with E-state index in [9.17, 15) is 0 Å². The lowest BCUT2D eigenvalue weighted by molar-refractivity contribution is 0.152. The van der Waals surface area contributed by atoms with Crippen LogP contribution in [0.3, 0.4) is 0 Å². The predicted molar refractivity (Wildman–Crippen MR) is 188 cm³/mol. The summed E-state index contributed by atoms with van der Waals surface area (Å²) in [6.07, 6.45) is 42.1. The van der Waals surface area contributed by atoms with Gasteiger partial charge in [0.2, 0.25) is 0 Å². The Balaban J connectivity index is 0. The average molecular weight is 605 g/mol. The highest BCUT2D eigenvalue weighted by Crippen LogP contribution is 2.20. The number of rotatable bonds is 32. The maximum absolute atomic E-state index is 5.92. The van der Waals surface area contributed by atoms with Crippen LogP contribution in [0.4, 0.5) is 0 Å². The Bertz CT molecular complexity index is 445. The smallest absolute Gasteiger partial charge is 0.0180 e. The summed E-state index contributed by atoms with van der Waals surface area (Å²) in [5.74, 6) is 0. The molecule has 0 aromatic rings. The molecule has 0 aromatic carbocycles. The third kappa shape index (κ3) is 29.8. The highest BCUT2D eigenvalue weighted by molar-refractivity contribution is 6.25. The van der Waals surface area contributed by atoms with E-state index in [1.807, 2.05) is 0 Å². The molecular formula is C37H75Cl2N. The molecule has 40 heavy (non-hydrogen) atoms. The van der Waals surface area contributed by atoms with Crippen molar-refractivity contribution >= 4 is 24.0 Å². The van der Waals surface area contributed by atoms with E-state index in [-0.39, 0.29) is 12.4 Å². The van der Waals surface area contributed by atoms with Crippen molar-refractivity contribution in [2.45, 2.75) is 220 Å². The lowest BCUT2D eigenvalue weighted by atomic mass is 10.0. The lowest BCUT2D eigenvalue weighted by Gasteiger charge is -2.34. The highest BCUT2D eigenvalue weighted by atomic mass is 35.5. The third-order valence-corrected chi connectivity index (χ3v) is 9.17. The molecule has 0 spiro atoms. The van der Waals surface area contributed by atoms with Crippen LogP contribution in [0.15, 0.2) is 11.6 Å². The van der Waals surface area contributed by atoms with Crippen molar-refractivity contribution in [3.63, 3.8) is 0 Å². The molecule has 0 aliphatic rings. The molecule has 0 aromatic heterocycles. The maximum atomic E-state index is 5.92. The van der Waals surface area contributed by atoms with Crippen molar-refractivity contribution in [2.24, 2.45) is 0 Å². The zero-order chi connectivity index (χ0) is 28.7. The van der Waals surface area contributed by atoms with E-state index in [0.29, 0.717) is 12.1 Å². The summed E-state index contributed by atoms with van der Waals surface area (Å²) in [5.41, 5.74) is 1.71. The van der Waals surface area contributed by atoms with Gasteiger partial charge in [-0.3, -0.25) is 4.90 Å². The molecule has 0 bridgehead atoms. The van der Waals surface area contributed by atoms with Gasteiger partial charge in [0.15, 0.2) is 0 Å². The van der Waals surface area contributed by atoms with Gasteiger partial charge in [-0.1, -0.05) is 198 Å². The quantitative estimate of drug-likeness (QED) is 0.0690. The topological polar surface area (TPSA) is 3.24 Å². The van der Waals surface area contributed by atoms with E-state index in [0.717, 1.165) is 6.54 Å². The van der Waals surface area contributed by atoms with Crippen LogP contribution in [0.25, 0.3) is 0 Å². The molecule has 2 atom stereocenters. The van der Waals surface area contributed by atoms with E-state index in [1.165, 1.54) is 180 Å². The van der Waals surface area contributed by atoms with Gasteiger partial charge in [-0.15, -0.1) is 12.4 Å². The Morgan fingerprint density at radius 3 is 0.950 bits per heavy atom. The van der Waals surface area contributed by atoms with Gasteiger partial charge in [-0.2, -0.15) is 0 Å². The van der Waals surface area contributed by atoms with E-state index in [1.54, 1.807) is 5.54 Å². The Labute approximate surface area is 265 Å². The molecule has 0 radical (unpaired) electrons. The molecule has 0 rings (SSSR count). The first kappa shape index (κ1) is 42.4. The summed E-state index contributed by atoms with van der Waals surface area (Å²) in [7, 11) is 0. The molecule has 0 fully saturated rings. The van der Waals surface area contributed by atoms with Crippen LogP contribution in [0, 0.1) is 0 Å². The summed E-state index contributed by atoms with van der Waals surface area (Å²) in [6.45, 7) is 10.5. The molecule has 2 unspecified atom stereocenters. The largest absolute Gasteiger partial charge is 0.294 e. The van der Waals surface area contributed by atoms with E-state index in [4.69, 9.17) is 11.6 Å². The standard InChI is InChI=1S/C37H74ClN.ClH/c1-5-7-9-11-13-15-17-19-21-23-25-27-29-32-36(3)39(35-31-34-38)37(4)33-30-28-26-24-22-20-18-16-14-12-10-8-6-2;/h31,34,36-37H,5-30,32-33,35H2,1-4H3;1H/b34-31+;. The van der Waals surface area contributed by atoms with Gasteiger partial charge in [0, 0.05) is 24.2 Å². The normalized spacial score (nSPS) is 13.2. The van der Waals surface area contributed by atoms with E-state index >= 15 is 0 Å². The molecule has 0 saturated heterocycles. The minimum atomic E-state index is 0. The maximum Gasteiger partial charge on any atom is 0.0180 e. The Morgan fingerprint density at radius 1 is 0.450 bits per heavy atom. The molecule has 0 aliphatic heterocycles. The monoisotopic (exact) mass is 604 g/mol. The van der Waals surface area contributed by atoms with Crippen LogP contribution < -0.4 is 0 Å². The van der Waals surface area contributed by atoms with Crippen molar-refractivity contribution in [1.29, 1.82) is 0 Å². The third-order valence-electron chi connectivity index (χ3n) is 8.99. The minimum Gasteiger partial charge on any atom is -0.294 e. The minimum absolute atomic E-state index is 0. The fourth-order valence-electron chi connectivity index (χ4n) is 6.20. The second-order valence-electron chi connectivity index (χ2n) is 12.8. The average Bonchev–Trinajstić information content (AvgIpc) is 2.94. The van der Waals surface area contributed by atoms with Crippen LogP contribution in [0.2, 0.25) is 0 Å². The van der Waals surface area contributed by atoms with Crippen molar-refractivity contribution in [2.75, 3.05) is 6.54 Å². The Hall–Kier alpha value is 0.280. The molecule has 0 amide bonds. The first-order valence-corrected chi connectivity index (χ1v) is 18.6. The van der Waals surface area contributed by atoms with Gasteiger partial charge >= 0.3 is 0 Å². The number of halogens is 2. The van der Waals surface area contributed by atoms with Crippen LogP contribution >= 0.6 is 24.0 Å². The molecule has 1 nitrogen and oxygen atoms in total. The molecule has 242 valence electrons. The second kappa shape index (κ2) is 35.5. The summed E-state index contributed by atoms with van der Waals surface area (Å²) < 4.78 is 0. The number of hydrogen-bond acceptors (Lipinski definition) is 1. The second-order valence-corrected chi connectivity index (χ2v) is 13.1. The summed E-state index contributed by atoms with van der Waals surface area (Å²) in [6, 6.07) is 1.31. The molecule has 0 aliphatic carbocycles. The van der Waals surface area contributed by atoms with Crippen molar-refractivity contribution in [1.82, 2.24) is 4.90 Å². The van der Waals surface area contributed by atoms with Crippen molar-refractivity contribution in [3.05, 3.63) is 11.6 Å². The van der Waals surface area contributed by atoms with E-state index in [2.05, 4.69) is 38.7 Å². The van der Waals surface area contributed by atoms with Gasteiger partial charge in [0.05, 0.1) is 0 Å². The molecule has 3 heteroatoms. The first-order valence-electron chi connectivity index (χ1n) is 18.2. The van der Waals surface area contributed by atoms with Crippen molar-refractivity contribution < 1.29 is 0 Å². The van der Waals surface area contributed by atoms with Crippen LogP contribution in [0.1, 0.15) is 207 Å². The lowest BCUT2D eigenvalue weighted by Crippen LogP contribution is -2.40. The Morgan fingerprint density at radius 2 is 0.700 bits per heavy atom. The summed E-state index contributed by atoms with van der Waals surface area (Å²) >= 11 is 5.92. The predicted octanol–water partition coefficient (Wildman–Crippen LogP) is 14.2. The Kier molecular flexibility index (Phi) is 37.6. The zero-order valence-corrected chi connectivity index (χ0v) is 29.6. The fraction of sp³-hybridized carbons (Fsp3) is 0.946. The van der Waals surface area contributed by atoms with Gasteiger partial charge in [-0.25, -0.2) is 0 Å². The number of hydrogen-bond donors (Lipinski definition) is 0. The van der Waals surface area contributed by atoms with E-state index < -0.39 is 0 Å². The van der Waals surface area contributed by atoms with Crippen molar-refractivity contribution in [3.8, 4) is 0 Å². The summed E-state index contributed by atoms with van der Waals surface area (Å²) in [5, 5.41) is 0. The molecule has 0 heterocycles. The molecular weight excluding hydrogens is 529 g/mol.